The predicted octanol–water partition coefficient (Wildman–Crippen LogP) is 2.30. The molecule has 2 fully saturated rings. The summed E-state index contributed by atoms with van der Waals surface area (Å²) in [7, 11) is 0. The molecule has 1 aromatic carbocycles. The third kappa shape index (κ3) is 2.86. The Hall–Kier alpha value is -1.39. The van der Waals surface area contributed by atoms with Crippen LogP contribution in [0.25, 0.3) is 0 Å². The van der Waals surface area contributed by atoms with E-state index in [0.717, 1.165) is 45.8 Å². The van der Waals surface area contributed by atoms with Crippen molar-refractivity contribution in [2.75, 3.05) is 39.5 Å². The highest BCUT2D eigenvalue weighted by Gasteiger charge is 2.52. The zero-order chi connectivity index (χ0) is 16.6. The molecule has 2 aliphatic heterocycles. The number of benzene rings is 1. The van der Waals surface area contributed by atoms with E-state index in [2.05, 4.69) is 29.2 Å². The van der Waals surface area contributed by atoms with Gasteiger partial charge in [0.2, 0.25) is 5.91 Å². The van der Waals surface area contributed by atoms with Gasteiger partial charge in [-0.1, -0.05) is 24.3 Å². The lowest BCUT2D eigenvalue weighted by molar-refractivity contribution is -0.132. The van der Waals surface area contributed by atoms with Gasteiger partial charge in [0.1, 0.15) is 0 Å². The van der Waals surface area contributed by atoms with E-state index < -0.39 is 0 Å². The number of fused-ring (bicyclic) bond motifs is 2. The van der Waals surface area contributed by atoms with Crippen LogP contribution in [0.15, 0.2) is 24.3 Å². The Labute approximate surface area is 144 Å². The molecule has 0 bridgehead atoms. The monoisotopic (exact) mass is 329 g/mol. The summed E-state index contributed by atoms with van der Waals surface area (Å²) >= 11 is 0. The van der Waals surface area contributed by atoms with Crippen molar-refractivity contribution in [3.8, 4) is 0 Å². The summed E-state index contributed by atoms with van der Waals surface area (Å²) in [6, 6.07) is 8.60. The number of ether oxygens (including phenoxy) is 2. The minimum atomic E-state index is 0.0321. The smallest absolute Gasteiger partial charge is 0.222 e. The van der Waals surface area contributed by atoms with Gasteiger partial charge in [-0.05, 0) is 36.8 Å². The van der Waals surface area contributed by atoms with Crippen molar-refractivity contribution in [1.82, 2.24) is 4.90 Å². The zero-order valence-electron chi connectivity index (χ0n) is 14.5. The van der Waals surface area contributed by atoms with Crippen molar-refractivity contribution >= 4 is 5.91 Å². The first-order valence-corrected chi connectivity index (χ1v) is 9.20. The molecule has 4 rings (SSSR count). The van der Waals surface area contributed by atoms with Crippen molar-refractivity contribution in [3.05, 3.63) is 35.4 Å². The second-order valence-electron chi connectivity index (χ2n) is 7.73. The van der Waals surface area contributed by atoms with E-state index in [0.29, 0.717) is 30.8 Å². The molecule has 130 valence electrons. The minimum absolute atomic E-state index is 0.0321. The van der Waals surface area contributed by atoms with Gasteiger partial charge in [-0.15, -0.1) is 0 Å². The Kier molecular flexibility index (Phi) is 4.35. The van der Waals surface area contributed by atoms with Gasteiger partial charge >= 0.3 is 0 Å². The van der Waals surface area contributed by atoms with E-state index in [1.165, 1.54) is 11.1 Å². The third-order valence-corrected chi connectivity index (χ3v) is 6.07. The molecule has 24 heavy (non-hydrogen) atoms. The highest BCUT2D eigenvalue weighted by Crippen LogP contribution is 2.42. The second-order valence-corrected chi connectivity index (χ2v) is 7.73. The minimum Gasteiger partial charge on any atom is -0.381 e. The fraction of sp³-hybridized carbons (Fsp3) is 0.650. The molecule has 2 atom stereocenters. The van der Waals surface area contributed by atoms with Crippen LogP contribution in [-0.4, -0.2) is 50.3 Å². The molecule has 3 aliphatic rings. The predicted molar refractivity (Wildman–Crippen MR) is 91.8 cm³/mol. The van der Waals surface area contributed by atoms with Crippen LogP contribution in [0, 0.1) is 17.3 Å². The normalized spacial score (nSPS) is 29.0. The molecule has 0 spiro atoms. The van der Waals surface area contributed by atoms with Crippen LogP contribution >= 0.6 is 0 Å². The molecule has 0 radical (unpaired) electrons. The van der Waals surface area contributed by atoms with Crippen LogP contribution in [0.3, 0.4) is 0 Å². The largest absolute Gasteiger partial charge is 0.381 e. The second kappa shape index (κ2) is 6.49. The molecule has 4 nitrogen and oxygen atoms in total. The molecule has 0 unspecified atom stereocenters. The number of carbonyl (C=O) groups excluding carboxylic acids is 1. The van der Waals surface area contributed by atoms with Crippen LogP contribution in [-0.2, 0) is 27.1 Å². The average molecular weight is 329 g/mol. The average Bonchev–Trinajstić information content (AvgIpc) is 3.23. The number of likely N-dealkylation sites (tertiary alicyclic amines) is 1. The number of amides is 1. The molecule has 4 heteroatoms. The van der Waals surface area contributed by atoms with Crippen LogP contribution in [0.4, 0.5) is 0 Å². The van der Waals surface area contributed by atoms with Gasteiger partial charge in [-0.25, -0.2) is 0 Å². The van der Waals surface area contributed by atoms with Crippen molar-refractivity contribution in [2.24, 2.45) is 17.3 Å². The van der Waals surface area contributed by atoms with E-state index in [4.69, 9.17) is 9.47 Å². The van der Waals surface area contributed by atoms with Gasteiger partial charge in [-0.2, -0.15) is 0 Å². The fourth-order valence-corrected chi connectivity index (χ4v) is 4.70. The van der Waals surface area contributed by atoms with Gasteiger partial charge in [0.05, 0.1) is 19.8 Å². The van der Waals surface area contributed by atoms with Crippen molar-refractivity contribution in [2.45, 2.75) is 26.2 Å². The fourth-order valence-electron chi connectivity index (χ4n) is 4.70. The quantitative estimate of drug-likeness (QED) is 0.832. The van der Waals surface area contributed by atoms with Crippen LogP contribution in [0.2, 0.25) is 0 Å². The Morgan fingerprint density at radius 3 is 2.79 bits per heavy atom. The highest BCUT2D eigenvalue weighted by atomic mass is 16.5. The maximum atomic E-state index is 12.8. The molecule has 1 aliphatic carbocycles. The molecule has 0 aromatic heterocycles. The summed E-state index contributed by atoms with van der Waals surface area (Å²) in [4.78, 5) is 14.9. The summed E-state index contributed by atoms with van der Waals surface area (Å²) in [6.07, 6.45) is 2.77. The molecule has 0 N–H and O–H groups in total. The Morgan fingerprint density at radius 1 is 1.33 bits per heavy atom. The van der Waals surface area contributed by atoms with Crippen LogP contribution in [0.5, 0.6) is 0 Å². The van der Waals surface area contributed by atoms with Gasteiger partial charge in [0.25, 0.3) is 0 Å². The van der Waals surface area contributed by atoms with Gasteiger partial charge in [0.15, 0.2) is 0 Å². The number of nitrogens with zero attached hydrogens (tertiary/aromatic N) is 1. The van der Waals surface area contributed by atoms with Crippen molar-refractivity contribution in [1.29, 1.82) is 0 Å². The third-order valence-electron chi connectivity index (χ3n) is 6.07. The van der Waals surface area contributed by atoms with E-state index >= 15 is 0 Å². The standard InChI is InChI=1S/C20H27NO3/c1-2-23-13-20-12-21(10-18(20)11-24-14-20)19(22)9-15-7-16-5-3-4-6-17(16)8-15/h3-6,15,18H,2,7-14H2,1H3/t18-,20-/m1/s1. The molecule has 0 saturated carbocycles. The van der Waals surface area contributed by atoms with Gasteiger partial charge in [-0.3, -0.25) is 4.79 Å². The number of hydrogen-bond acceptors (Lipinski definition) is 3. The first-order chi connectivity index (χ1) is 11.7. The molecular formula is C20H27NO3. The summed E-state index contributed by atoms with van der Waals surface area (Å²) in [6.45, 7) is 6.61. The summed E-state index contributed by atoms with van der Waals surface area (Å²) in [5.41, 5.74) is 2.88. The summed E-state index contributed by atoms with van der Waals surface area (Å²) in [5, 5.41) is 0. The SMILES string of the molecule is CCOC[C@]12COC[C@H]1CN(C(=O)CC1Cc3ccccc3C1)C2. The number of carbonyl (C=O) groups is 1. The summed E-state index contributed by atoms with van der Waals surface area (Å²) < 4.78 is 11.4. The maximum absolute atomic E-state index is 12.8. The Bertz CT molecular complexity index is 592. The lowest BCUT2D eigenvalue weighted by Gasteiger charge is -2.27. The van der Waals surface area contributed by atoms with Crippen LogP contribution in [0.1, 0.15) is 24.5 Å². The first-order valence-electron chi connectivity index (χ1n) is 9.20. The Morgan fingerprint density at radius 2 is 2.08 bits per heavy atom. The van der Waals surface area contributed by atoms with E-state index in [1.807, 2.05) is 6.92 Å². The first kappa shape index (κ1) is 16.1. The van der Waals surface area contributed by atoms with Crippen molar-refractivity contribution < 1.29 is 14.3 Å². The van der Waals surface area contributed by atoms with Crippen LogP contribution < -0.4 is 0 Å². The molecule has 1 aromatic rings. The van der Waals surface area contributed by atoms with E-state index in [9.17, 15) is 4.79 Å². The van der Waals surface area contributed by atoms with Crippen molar-refractivity contribution in [3.63, 3.8) is 0 Å². The zero-order valence-corrected chi connectivity index (χ0v) is 14.5. The maximum Gasteiger partial charge on any atom is 0.222 e. The van der Waals surface area contributed by atoms with Gasteiger partial charge in [0, 0.05) is 37.5 Å². The van der Waals surface area contributed by atoms with Gasteiger partial charge < -0.3 is 14.4 Å². The highest BCUT2D eigenvalue weighted by molar-refractivity contribution is 5.77. The topological polar surface area (TPSA) is 38.8 Å². The van der Waals surface area contributed by atoms with E-state index in [1.54, 1.807) is 0 Å². The van der Waals surface area contributed by atoms with E-state index in [-0.39, 0.29) is 5.41 Å². The molecule has 2 saturated heterocycles. The molecule has 2 heterocycles. The molecular weight excluding hydrogens is 302 g/mol. The molecule has 1 amide bonds. The number of rotatable bonds is 5. The number of hydrogen-bond donors (Lipinski definition) is 0. The lowest BCUT2D eigenvalue weighted by Crippen LogP contribution is -2.37. The lowest BCUT2D eigenvalue weighted by atomic mass is 9.82. The Balaban J connectivity index is 1.36. The summed E-state index contributed by atoms with van der Waals surface area (Å²) in [5.74, 6) is 1.22.